The van der Waals surface area contributed by atoms with Crippen LogP contribution in [0.3, 0.4) is 0 Å². The minimum absolute atomic E-state index is 0.110. The van der Waals surface area contributed by atoms with Gasteiger partial charge in [0.2, 0.25) is 0 Å². The number of hydrogen-bond donors (Lipinski definition) is 1. The maximum Gasteiger partial charge on any atom is 0.193 e. The molecule has 0 aromatic rings. The van der Waals surface area contributed by atoms with Crippen molar-refractivity contribution in [2.45, 2.75) is 69.6 Å². The van der Waals surface area contributed by atoms with Crippen molar-refractivity contribution in [3.63, 3.8) is 0 Å². The molecule has 2 fully saturated rings. The molecule has 1 saturated carbocycles. The van der Waals surface area contributed by atoms with Gasteiger partial charge in [0.15, 0.2) is 15.8 Å². The van der Waals surface area contributed by atoms with Gasteiger partial charge in [0.1, 0.15) is 0 Å². The van der Waals surface area contributed by atoms with Crippen molar-refractivity contribution in [3.05, 3.63) is 0 Å². The van der Waals surface area contributed by atoms with E-state index in [9.17, 15) is 8.42 Å². The molecule has 2 rings (SSSR count). The second-order valence-electron chi connectivity index (χ2n) is 7.99. The maximum absolute atomic E-state index is 12.2. The Labute approximate surface area is 153 Å². The molecular weight excluding hydrogens is 338 g/mol. The van der Waals surface area contributed by atoms with E-state index in [2.05, 4.69) is 22.1 Å². The van der Waals surface area contributed by atoms with Crippen LogP contribution in [0.25, 0.3) is 0 Å². The smallest absolute Gasteiger partial charge is 0.193 e. The van der Waals surface area contributed by atoms with E-state index >= 15 is 0 Å². The molecule has 6 nitrogen and oxygen atoms in total. The van der Waals surface area contributed by atoms with Gasteiger partial charge in [0, 0.05) is 33.3 Å². The number of ether oxygens (including phenoxy) is 1. The quantitative estimate of drug-likeness (QED) is 0.591. The summed E-state index contributed by atoms with van der Waals surface area (Å²) < 4.78 is 30.0. The summed E-state index contributed by atoms with van der Waals surface area (Å²) in [6.45, 7) is 8.23. The topological polar surface area (TPSA) is 71.0 Å². The molecule has 1 heterocycles. The standard InChI is InChI=1S/C18H35N3O3S/c1-5-12-24-18(9-7-6-8-10-18)14-20-16(19-4)21-11-13-25(22,23)17(2,3)15-21/h5-15H2,1-4H3,(H,19,20). The fraction of sp³-hybridized carbons (Fsp3) is 0.944. The van der Waals surface area contributed by atoms with Crippen molar-refractivity contribution >= 4 is 15.8 Å². The molecule has 7 heteroatoms. The zero-order valence-corrected chi connectivity index (χ0v) is 17.1. The van der Waals surface area contributed by atoms with Crippen LogP contribution in [0.1, 0.15) is 59.3 Å². The summed E-state index contributed by atoms with van der Waals surface area (Å²) in [4.78, 5) is 6.47. The Kier molecular flexibility index (Phi) is 6.76. The molecular formula is C18H35N3O3S. The molecule has 2 aliphatic rings. The van der Waals surface area contributed by atoms with Gasteiger partial charge in [-0.05, 0) is 33.1 Å². The Morgan fingerprint density at radius 3 is 2.48 bits per heavy atom. The largest absolute Gasteiger partial charge is 0.373 e. The number of aliphatic imine (C=N–C) groups is 1. The summed E-state index contributed by atoms with van der Waals surface area (Å²) in [5, 5.41) is 3.48. The number of hydrogen-bond acceptors (Lipinski definition) is 4. The van der Waals surface area contributed by atoms with Gasteiger partial charge in [-0.3, -0.25) is 4.99 Å². The van der Waals surface area contributed by atoms with E-state index in [1.54, 1.807) is 20.9 Å². The highest BCUT2D eigenvalue weighted by Gasteiger charge is 2.41. The van der Waals surface area contributed by atoms with Crippen molar-refractivity contribution in [2.24, 2.45) is 4.99 Å². The van der Waals surface area contributed by atoms with Crippen LogP contribution in [0, 0.1) is 0 Å². The first-order valence-electron chi connectivity index (χ1n) is 9.57. The molecule has 0 amide bonds. The van der Waals surface area contributed by atoms with Gasteiger partial charge in [-0.2, -0.15) is 0 Å². The number of nitrogens with one attached hydrogen (secondary N) is 1. The van der Waals surface area contributed by atoms with E-state index in [1.807, 2.05) is 0 Å². The second-order valence-corrected chi connectivity index (χ2v) is 10.7. The van der Waals surface area contributed by atoms with E-state index in [4.69, 9.17) is 4.74 Å². The Bertz CT molecular complexity index is 566. The third-order valence-corrected chi connectivity index (χ3v) is 8.03. The lowest BCUT2D eigenvalue weighted by Gasteiger charge is -2.41. The van der Waals surface area contributed by atoms with Crippen LogP contribution < -0.4 is 5.32 Å². The maximum atomic E-state index is 12.2. The normalized spacial score (nSPS) is 25.6. The van der Waals surface area contributed by atoms with Crippen LogP contribution in [0.2, 0.25) is 0 Å². The molecule has 0 unspecified atom stereocenters. The van der Waals surface area contributed by atoms with Gasteiger partial charge in [0.05, 0.1) is 16.1 Å². The molecule has 146 valence electrons. The average Bonchev–Trinajstić information content (AvgIpc) is 2.57. The number of sulfone groups is 1. The van der Waals surface area contributed by atoms with Crippen LogP contribution >= 0.6 is 0 Å². The molecule has 1 saturated heterocycles. The fourth-order valence-electron chi connectivity index (χ4n) is 3.78. The average molecular weight is 374 g/mol. The van der Waals surface area contributed by atoms with Crippen molar-refractivity contribution in [2.75, 3.05) is 39.0 Å². The molecule has 25 heavy (non-hydrogen) atoms. The van der Waals surface area contributed by atoms with E-state index < -0.39 is 14.6 Å². The van der Waals surface area contributed by atoms with Gasteiger partial charge in [-0.15, -0.1) is 0 Å². The van der Waals surface area contributed by atoms with Crippen LogP contribution in [0.15, 0.2) is 4.99 Å². The lowest BCUT2D eigenvalue weighted by molar-refractivity contribution is -0.0659. The van der Waals surface area contributed by atoms with Crippen molar-refractivity contribution in [1.82, 2.24) is 10.2 Å². The van der Waals surface area contributed by atoms with Crippen molar-refractivity contribution < 1.29 is 13.2 Å². The third kappa shape index (κ3) is 4.88. The highest BCUT2D eigenvalue weighted by molar-refractivity contribution is 7.92. The summed E-state index contributed by atoms with van der Waals surface area (Å²) in [7, 11) is -1.28. The minimum atomic E-state index is -3.04. The summed E-state index contributed by atoms with van der Waals surface area (Å²) >= 11 is 0. The number of rotatable bonds is 5. The summed E-state index contributed by atoms with van der Waals surface area (Å²) in [6, 6.07) is 0. The van der Waals surface area contributed by atoms with E-state index in [1.165, 1.54) is 19.3 Å². The summed E-state index contributed by atoms with van der Waals surface area (Å²) in [5.74, 6) is 0.964. The third-order valence-electron chi connectivity index (χ3n) is 5.50. The first-order chi connectivity index (χ1) is 11.8. The highest BCUT2D eigenvalue weighted by Crippen LogP contribution is 2.31. The summed E-state index contributed by atoms with van der Waals surface area (Å²) in [6.07, 6.45) is 6.88. The van der Waals surface area contributed by atoms with E-state index in [-0.39, 0.29) is 11.4 Å². The molecule has 1 aliphatic carbocycles. The molecule has 0 aromatic carbocycles. The van der Waals surface area contributed by atoms with Gasteiger partial charge in [-0.1, -0.05) is 26.2 Å². The molecule has 0 atom stereocenters. The molecule has 0 radical (unpaired) electrons. The highest BCUT2D eigenvalue weighted by atomic mass is 32.2. The van der Waals surface area contributed by atoms with Crippen molar-refractivity contribution in [1.29, 1.82) is 0 Å². The molecule has 0 bridgehead atoms. The summed E-state index contributed by atoms with van der Waals surface area (Å²) in [5.41, 5.74) is -0.110. The molecule has 0 spiro atoms. The lowest BCUT2D eigenvalue weighted by Crippen LogP contribution is -2.58. The predicted octanol–water partition coefficient (Wildman–Crippen LogP) is 2.20. The Morgan fingerprint density at radius 2 is 1.92 bits per heavy atom. The fourth-order valence-corrected chi connectivity index (χ4v) is 5.15. The second kappa shape index (κ2) is 8.25. The zero-order valence-electron chi connectivity index (χ0n) is 16.3. The van der Waals surface area contributed by atoms with Gasteiger partial charge >= 0.3 is 0 Å². The van der Waals surface area contributed by atoms with Crippen molar-refractivity contribution in [3.8, 4) is 0 Å². The zero-order chi connectivity index (χ0) is 18.6. The van der Waals surface area contributed by atoms with Gasteiger partial charge in [0.25, 0.3) is 0 Å². The van der Waals surface area contributed by atoms with E-state index in [0.29, 0.717) is 13.1 Å². The molecule has 1 N–H and O–H groups in total. The number of nitrogens with zero attached hydrogens (tertiary/aromatic N) is 2. The SMILES string of the molecule is CCCOC1(CNC(=NC)N2CCS(=O)(=O)C(C)(C)C2)CCCCC1. The van der Waals surface area contributed by atoms with Crippen LogP contribution in [-0.2, 0) is 14.6 Å². The molecule has 0 aromatic heterocycles. The van der Waals surface area contributed by atoms with Gasteiger partial charge in [-0.25, -0.2) is 8.42 Å². The van der Waals surface area contributed by atoms with E-state index in [0.717, 1.165) is 38.4 Å². The Balaban J connectivity index is 2.01. The Morgan fingerprint density at radius 1 is 1.24 bits per heavy atom. The predicted molar refractivity (Wildman–Crippen MR) is 103 cm³/mol. The first-order valence-corrected chi connectivity index (χ1v) is 11.2. The Hall–Kier alpha value is -0.820. The molecule has 1 aliphatic heterocycles. The lowest BCUT2D eigenvalue weighted by atomic mass is 9.84. The van der Waals surface area contributed by atoms with Crippen LogP contribution in [0.4, 0.5) is 0 Å². The van der Waals surface area contributed by atoms with Gasteiger partial charge < -0.3 is 15.0 Å². The minimum Gasteiger partial charge on any atom is -0.373 e. The monoisotopic (exact) mass is 373 g/mol. The van der Waals surface area contributed by atoms with Crippen LogP contribution in [-0.4, -0.2) is 68.7 Å². The van der Waals surface area contributed by atoms with Crippen LogP contribution in [0.5, 0.6) is 0 Å². The first kappa shape index (κ1) is 20.5. The number of guanidine groups is 1.